The smallest absolute Gasteiger partial charge is 0.325 e. The lowest BCUT2D eigenvalue weighted by Crippen LogP contribution is -2.33. The first-order chi connectivity index (χ1) is 17.6. The highest BCUT2D eigenvalue weighted by Gasteiger charge is 2.19. The Kier molecular flexibility index (Phi) is 20.5. The van der Waals surface area contributed by atoms with Crippen molar-refractivity contribution in [3.63, 3.8) is 0 Å². The molecular weight excluding hydrogens is 480 g/mol. The maximum Gasteiger partial charge on any atom is 0.325 e. The largest absolute Gasteiger partial charge is 0.459 e. The van der Waals surface area contributed by atoms with Gasteiger partial charge in [0.2, 0.25) is 5.91 Å². The SMILES string of the molecule is CCCCCCCC(=O)CCC(C)C(CCC(C)CCCC(=O)NCC(=O)OC(C)CO[N+](=O)[O-])OC. The third kappa shape index (κ3) is 20.5. The first-order valence-electron chi connectivity index (χ1n) is 13.9. The van der Waals surface area contributed by atoms with E-state index >= 15 is 0 Å². The number of ether oxygens (including phenoxy) is 2. The summed E-state index contributed by atoms with van der Waals surface area (Å²) in [4.78, 5) is 50.1. The van der Waals surface area contributed by atoms with E-state index in [9.17, 15) is 24.5 Å². The van der Waals surface area contributed by atoms with Crippen molar-refractivity contribution in [1.82, 2.24) is 5.32 Å². The number of rotatable bonds is 24. The van der Waals surface area contributed by atoms with Crippen molar-refractivity contribution in [3.8, 4) is 0 Å². The zero-order valence-corrected chi connectivity index (χ0v) is 23.6. The van der Waals surface area contributed by atoms with Gasteiger partial charge >= 0.3 is 5.97 Å². The molecule has 0 aliphatic rings. The van der Waals surface area contributed by atoms with Gasteiger partial charge in [-0.1, -0.05) is 52.9 Å². The monoisotopic (exact) mass is 530 g/mol. The van der Waals surface area contributed by atoms with Crippen LogP contribution in [0.5, 0.6) is 0 Å². The third-order valence-corrected chi connectivity index (χ3v) is 6.60. The molecule has 0 saturated carbocycles. The molecule has 0 aliphatic carbocycles. The molecule has 10 heteroatoms. The molecule has 1 amide bonds. The summed E-state index contributed by atoms with van der Waals surface area (Å²) >= 11 is 0. The molecule has 0 aromatic heterocycles. The quantitative estimate of drug-likeness (QED) is 0.0780. The molecule has 0 rings (SSSR count). The molecule has 0 heterocycles. The van der Waals surface area contributed by atoms with Gasteiger partial charge in [0.05, 0.1) is 6.10 Å². The number of methoxy groups -OCH3 is 1. The zero-order chi connectivity index (χ0) is 28.1. The number of carbonyl (C=O) groups is 3. The second-order valence-corrected chi connectivity index (χ2v) is 10.2. The van der Waals surface area contributed by atoms with Gasteiger partial charge in [0, 0.05) is 26.4 Å². The summed E-state index contributed by atoms with van der Waals surface area (Å²) in [6.45, 7) is 7.32. The molecule has 0 fully saturated rings. The molecule has 0 aromatic carbocycles. The number of nitrogens with one attached hydrogen (secondary N) is 1. The highest BCUT2D eigenvalue weighted by molar-refractivity contribution is 5.81. The van der Waals surface area contributed by atoms with Crippen LogP contribution in [0.4, 0.5) is 0 Å². The molecule has 216 valence electrons. The zero-order valence-electron chi connectivity index (χ0n) is 23.6. The van der Waals surface area contributed by atoms with Crippen LogP contribution in [0.3, 0.4) is 0 Å². The van der Waals surface area contributed by atoms with Gasteiger partial charge in [0.15, 0.2) is 0 Å². The van der Waals surface area contributed by atoms with Crippen LogP contribution in [0, 0.1) is 22.0 Å². The predicted octanol–water partition coefficient (Wildman–Crippen LogP) is 5.19. The van der Waals surface area contributed by atoms with Crippen LogP contribution >= 0.6 is 0 Å². The molecule has 0 aliphatic heterocycles. The normalized spacial score (nSPS) is 14.3. The number of esters is 1. The second-order valence-electron chi connectivity index (χ2n) is 10.2. The van der Waals surface area contributed by atoms with Gasteiger partial charge in [-0.3, -0.25) is 14.4 Å². The Morgan fingerprint density at radius 2 is 1.59 bits per heavy atom. The van der Waals surface area contributed by atoms with Crippen molar-refractivity contribution < 1.29 is 33.8 Å². The number of nitrogens with zero attached hydrogens (tertiary/aromatic N) is 1. The second kappa shape index (κ2) is 21.8. The van der Waals surface area contributed by atoms with Crippen molar-refractivity contribution >= 4 is 17.7 Å². The Morgan fingerprint density at radius 1 is 0.892 bits per heavy atom. The maximum absolute atomic E-state index is 12.2. The van der Waals surface area contributed by atoms with E-state index in [1.54, 1.807) is 7.11 Å². The molecular formula is C27H50N2O8. The maximum atomic E-state index is 12.2. The van der Waals surface area contributed by atoms with Gasteiger partial charge in [-0.15, -0.1) is 10.1 Å². The fourth-order valence-corrected chi connectivity index (χ4v) is 4.19. The lowest BCUT2D eigenvalue weighted by molar-refractivity contribution is -0.759. The van der Waals surface area contributed by atoms with Gasteiger partial charge < -0.3 is 19.6 Å². The lowest BCUT2D eigenvalue weighted by atomic mass is 9.90. The Hall–Kier alpha value is -2.23. The number of amides is 1. The highest BCUT2D eigenvalue weighted by atomic mass is 17.0. The average Bonchev–Trinajstić information content (AvgIpc) is 2.85. The number of Topliss-reactive ketones (excluding diaryl/α,β-unsaturated/α-hetero) is 1. The summed E-state index contributed by atoms with van der Waals surface area (Å²) in [5.74, 6) is 0.193. The van der Waals surface area contributed by atoms with Crippen LogP contribution in [-0.2, 0) is 28.7 Å². The summed E-state index contributed by atoms with van der Waals surface area (Å²) in [6.07, 6.45) is 11.1. The van der Waals surface area contributed by atoms with Gasteiger partial charge in [-0.2, -0.15) is 0 Å². The van der Waals surface area contributed by atoms with E-state index in [0.717, 1.165) is 38.5 Å². The van der Waals surface area contributed by atoms with Crippen LogP contribution in [0.2, 0.25) is 0 Å². The number of ketones is 1. The van der Waals surface area contributed by atoms with Crippen LogP contribution in [-0.4, -0.2) is 55.2 Å². The average molecular weight is 531 g/mol. The Morgan fingerprint density at radius 3 is 2.24 bits per heavy atom. The topological polar surface area (TPSA) is 134 Å². The standard InChI is InChI=1S/C27H50N2O8/c1-6-7-8-9-10-13-24(30)17-16-22(3)25(35-5)18-15-21(2)12-11-14-26(31)28-19-27(32)37-23(4)20-36-29(33)34/h21-23,25H,6-20H2,1-5H3,(H,28,31). The fraction of sp³-hybridized carbons (Fsp3) is 0.889. The van der Waals surface area contributed by atoms with Crippen molar-refractivity contribution in [2.24, 2.45) is 11.8 Å². The summed E-state index contributed by atoms with van der Waals surface area (Å²) in [5, 5.41) is 11.7. The minimum Gasteiger partial charge on any atom is -0.459 e. The van der Waals surface area contributed by atoms with Crippen molar-refractivity contribution in [2.75, 3.05) is 20.3 Å². The minimum absolute atomic E-state index is 0.118. The molecule has 0 bridgehead atoms. The van der Waals surface area contributed by atoms with Gasteiger partial charge in [-0.25, -0.2) is 0 Å². The van der Waals surface area contributed by atoms with Crippen LogP contribution in [0.25, 0.3) is 0 Å². The molecule has 10 nitrogen and oxygen atoms in total. The number of hydrogen-bond donors (Lipinski definition) is 1. The summed E-state index contributed by atoms with van der Waals surface area (Å²) < 4.78 is 10.6. The van der Waals surface area contributed by atoms with Gasteiger partial charge in [0.1, 0.15) is 25.0 Å². The third-order valence-electron chi connectivity index (χ3n) is 6.60. The van der Waals surface area contributed by atoms with E-state index < -0.39 is 17.2 Å². The molecule has 1 N–H and O–H groups in total. The Bertz CT molecular complexity index is 658. The number of hydrogen-bond acceptors (Lipinski definition) is 8. The fourth-order valence-electron chi connectivity index (χ4n) is 4.19. The molecule has 0 spiro atoms. The highest BCUT2D eigenvalue weighted by Crippen LogP contribution is 2.23. The number of carbonyl (C=O) groups excluding carboxylic acids is 3. The lowest BCUT2D eigenvalue weighted by Gasteiger charge is -2.24. The van der Waals surface area contributed by atoms with E-state index in [-0.39, 0.29) is 25.2 Å². The molecule has 4 atom stereocenters. The van der Waals surface area contributed by atoms with Crippen molar-refractivity contribution in [2.45, 2.75) is 123 Å². The van der Waals surface area contributed by atoms with Gasteiger partial charge in [0.25, 0.3) is 5.09 Å². The van der Waals surface area contributed by atoms with Crippen LogP contribution < -0.4 is 5.32 Å². The van der Waals surface area contributed by atoms with Crippen molar-refractivity contribution in [1.29, 1.82) is 0 Å². The van der Waals surface area contributed by atoms with Crippen LogP contribution in [0.1, 0.15) is 111 Å². The van der Waals surface area contributed by atoms with Gasteiger partial charge in [-0.05, 0) is 50.9 Å². The van der Waals surface area contributed by atoms with E-state index in [1.165, 1.54) is 26.2 Å². The molecule has 4 unspecified atom stereocenters. The molecule has 0 radical (unpaired) electrons. The Balaban J connectivity index is 4.02. The van der Waals surface area contributed by atoms with E-state index in [0.29, 0.717) is 43.3 Å². The molecule has 37 heavy (non-hydrogen) atoms. The molecule has 0 aromatic rings. The Labute approximate surface area is 222 Å². The predicted molar refractivity (Wildman–Crippen MR) is 141 cm³/mol. The summed E-state index contributed by atoms with van der Waals surface area (Å²) in [7, 11) is 1.73. The minimum atomic E-state index is -0.955. The summed E-state index contributed by atoms with van der Waals surface area (Å²) in [6, 6.07) is 0. The van der Waals surface area contributed by atoms with Crippen molar-refractivity contribution in [3.05, 3.63) is 10.1 Å². The first kappa shape index (κ1) is 34.8. The number of unbranched alkanes of at least 4 members (excludes halogenated alkanes) is 4. The first-order valence-corrected chi connectivity index (χ1v) is 13.9. The summed E-state index contributed by atoms with van der Waals surface area (Å²) in [5.41, 5.74) is 0. The van der Waals surface area contributed by atoms with E-state index in [1.807, 2.05) is 0 Å². The van der Waals surface area contributed by atoms with Crippen LogP contribution in [0.15, 0.2) is 0 Å². The van der Waals surface area contributed by atoms with E-state index in [4.69, 9.17) is 9.47 Å². The van der Waals surface area contributed by atoms with E-state index in [2.05, 4.69) is 30.9 Å². The molecule has 0 saturated heterocycles.